The number of likely N-dealkylation sites (N-methyl/N-ethyl adjacent to an activating group) is 1. The van der Waals surface area contributed by atoms with Gasteiger partial charge in [-0.15, -0.1) is 0 Å². The molecule has 0 aliphatic heterocycles. The molecule has 0 saturated carbocycles. The summed E-state index contributed by atoms with van der Waals surface area (Å²) in [5, 5.41) is 0. The molecule has 0 bridgehead atoms. The van der Waals surface area contributed by atoms with Crippen LogP contribution in [0.4, 0.5) is 0 Å². The quantitative estimate of drug-likeness (QED) is 0.799. The van der Waals surface area contributed by atoms with Crippen LogP contribution in [-0.4, -0.2) is 30.1 Å². The van der Waals surface area contributed by atoms with Gasteiger partial charge in [-0.2, -0.15) is 0 Å². The summed E-state index contributed by atoms with van der Waals surface area (Å²) in [5.74, 6) is -0.192. The van der Waals surface area contributed by atoms with Gasteiger partial charge in [0.05, 0.1) is 6.54 Å². The topological polar surface area (TPSA) is 29.5 Å². The molecule has 100 valence electrons. The number of ether oxygens (including phenoxy) is 1. The average molecular weight is 314 g/mol. The van der Waals surface area contributed by atoms with Crippen LogP contribution in [-0.2, 0) is 16.1 Å². The zero-order valence-corrected chi connectivity index (χ0v) is 13.0. The number of esters is 1. The fraction of sp³-hybridized carbons (Fsp3) is 0.500. The van der Waals surface area contributed by atoms with Gasteiger partial charge in [0.15, 0.2) is 0 Å². The lowest BCUT2D eigenvalue weighted by molar-refractivity contribution is -0.155. The van der Waals surface area contributed by atoms with Crippen molar-refractivity contribution in [3.8, 4) is 0 Å². The first-order valence-corrected chi connectivity index (χ1v) is 6.70. The molecular weight excluding hydrogens is 294 g/mol. The summed E-state index contributed by atoms with van der Waals surface area (Å²) in [7, 11) is 1.91. The standard InChI is InChI=1S/C14H20BrNO2/c1-14(2,3)18-13(17)10-16(4)9-11-5-7-12(15)8-6-11/h5-8H,9-10H2,1-4H3. The summed E-state index contributed by atoms with van der Waals surface area (Å²) >= 11 is 3.40. The Morgan fingerprint density at radius 1 is 1.28 bits per heavy atom. The van der Waals surface area contributed by atoms with Crippen molar-refractivity contribution >= 4 is 21.9 Å². The van der Waals surface area contributed by atoms with Gasteiger partial charge in [0.1, 0.15) is 5.60 Å². The highest BCUT2D eigenvalue weighted by atomic mass is 79.9. The number of hydrogen-bond acceptors (Lipinski definition) is 3. The highest BCUT2D eigenvalue weighted by Gasteiger charge is 2.17. The maximum absolute atomic E-state index is 11.6. The number of benzene rings is 1. The van der Waals surface area contributed by atoms with Crippen LogP contribution in [0.5, 0.6) is 0 Å². The average Bonchev–Trinajstić information content (AvgIpc) is 2.18. The molecule has 0 atom stereocenters. The second kappa shape index (κ2) is 6.34. The monoisotopic (exact) mass is 313 g/mol. The Hall–Kier alpha value is -0.870. The molecule has 1 rings (SSSR count). The molecule has 0 aliphatic carbocycles. The lowest BCUT2D eigenvalue weighted by atomic mass is 10.2. The second-order valence-corrected chi connectivity index (χ2v) is 6.30. The van der Waals surface area contributed by atoms with Crippen LogP contribution in [0, 0.1) is 0 Å². The van der Waals surface area contributed by atoms with Crippen molar-refractivity contribution in [1.29, 1.82) is 0 Å². The van der Waals surface area contributed by atoms with Crippen molar-refractivity contribution < 1.29 is 9.53 Å². The molecule has 0 unspecified atom stereocenters. The Balaban J connectivity index is 2.44. The number of rotatable bonds is 4. The number of hydrogen-bond donors (Lipinski definition) is 0. The molecule has 0 spiro atoms. The lowest BCUT2D eigenvalue weighted by Gasteiger charge is -2.22. The minimum atomic E-state index is -0.421. The highest BCUT2D eigenvalue weighted by Crippen LogP contribution is 2.12. The number of carbonyl (C=O) groups excluding carboxylic acids is 1. The Kier molecular flexibility index (Phi) is 5.35. The van der Waals surface area contributed by atoms with Gasteiger partial charge in [-0.3, -0.25) is 9.69 Å². The fourth-order valence-electron chi connectivity index (χ4n) is 1.55. The first-order valence-electron chi connectivity index (χ1n) is 5.91. The van der Waals surface area contributed by atoms with Gasteiger partial charge < -0.3 is 4.74 Å². The third-order valence-electron chi connectivity index (χ3n) is 2.18. The minimum absolute atomic E-state index is 0.192. The third-order valence-corrected chi connectivity index (χ3v) is 2.71. The van der Waals surface area contributed by atoms with Crippen LogP contribution in [0.3, 0.4) is 0 Å². The Labute approximate surface area is 117 Å². The number of nitrogens with zero attached hydrogens (tertiary/aromatic N) is 1. The van der Waals surface area contributed by atoms with E-state index in [9.17, 15) is 4.79 Å². The van der Waals surface area contributed by atoms with Crippen molar-refractivity contribution in [1.82, 2.24) is 4.90 Å². The Bertz CT molecular complexity index is 395. The molecule has 0 heterocycles. The van der Waals surface area contributed by atoms with E-state index in [2.05, 4.69) is 15.9 Å². The maximum Gasteiger partial charge on any atom is 0.320 e. The van der Waals surface area contributed by atoms with Crippen LogP contribution >= 0.6 is 15.9 Å². The largest absolute Gasteiger partial charge is 0.459 e. The minimum Gasteiger partial charge on any atom is -0.459 e. The van der Waals surface area contributed by atoms with Crippen molar-refractivity contribution in [3.05, 3.63) is 34.3 Å². The lowest BCUT2D eigenvalue weighted by Crippen LogP contribution is -2.32. The number of halogens is 1. The van der Waals surface area contributed by atoms with Crippen LogP contribution in [0.15, 0.2) is 28.7 Å². The van der Waals surface area contributed by atoms with Crippen molar-refractivity contribution in [3.63, 3.8) is 0 Å². The van der Waals surface area contributed by atoms with Crippen LogP contribution < -0.4 is 0 Å². The summed E-state index contributed by atoms with van der Waals surface area (Å²) in [6.07, 6.45) is 0. The highest BCUT2D eigenvalue weighted by molar-refractivity contribution is 9.10. The summed E-state index contributed by atoms with van der Waals surface area (Å²) in [4.78, 5) is 13.6. The molecular formula is C14H20BrNO2. The smallest absolute Gasteiger partial charge is 0.320 e. The van der Waals surface area contributed by atoms with E-state index in [1.54, 1.807) is 0 Å². The summed E-state index contributed by atoms with van der Waals surface area (Å²) in [5.41, 5.74) is 0.750. The predicted octanol–water partition coefficient (Wildman–Crippen LogP) is 3.22. The molecule has 0 amide bonds. The van der Waals surface area contributed by atoms with E-state index in [1.807, 2.05) is 57.0 Å². The van der Waals surface area contributed by atoms with Crippen molar-refractivity contribution in [2.24, 2.45) is 0 Å². The van der Waals surface area contributed by atoms with Crippen LogP contribution in [0.2, 0.25) is 0 Å². The SMILES string of the molecule is CN(CC(=O)OC(C)(C)C)Cc1ccc(Br)cc1. The second-order valence-electron chi connectivity index (χ2n) is 5.39. The van der Waals surface area contributed by atoms with Crippen LogP contribution in [0.25, 0.3) is 0 Å². The third kappa shape index (κ3) is 6.17. The van der Waals surface area contributed by atoms with Crippen molar-refractivity contribution in [2.45, 2.75) is 32.9 Å². The van der Waals surface area contributed by atoms with E-state index in [-0.39, 0.29) is 5.97 Å². The number of carbonyl (C=O) groups is 1. The van der Waals surface area contributed by atoms with Gasteiger partial charge in [0.25, 0.3) is 0 Å². The van der Waals surface area contributed by atoms with Gasteiger partial charge in [-0.25, -0.2) is 0 Å². The van der Waals surface area contributed by atoms with E-state index in [1.165, 1.54) is 5.56 Å². The Morgan fingerprint density at radius 2 is 1.83 bits per heavy atom. The van der Waals surface area contributed by atoms with Gasteiger partial charge >= 0.3 is 5.97 Å². The molecule has 1 aromatic carbocycles. The van der Waals surface area contributed by atoms with Gasteiger partial charge in [-0.05, 0) is 45.5 Å². The summed E-state index contributed by atoms with van der Waals surface area (Å²) in [6, 6.07) is 8.07. The van der Waals surface area contributed by atoms with Gasteiger partial charge in [0.2, 0.25) is 0 Å². The molecule has 0 radical (unpaired) electrons. The van der Waals surface area contributed by atoms with E-state index >= 15 is 0 Å². The zero-order chi connectivity index (χ0) is 13.8. The van der Waals surface area contributed by atoms with Gasteiger partial charge in [0, 0.05) is 11.0 Å². The first kappa shape index (κ1) is 15.2. The molecule has 0 fully saturated rings. The van der Waals surface area contributed by atoms with E-state index in [0.717, 1.165) is 11.0 Å². The molecule has 18 heavy (non-hydrogen) atoms. The van der Waals surface area contributed by atoms with Crippen LogP contribution in [0.1, 0.15) is 26.3 Å². The van der Waals surface area contributed by atoms with E-state index in [4.69, 9.17) is 4.74 Å². The molecule has 0 saturated heterocycles. The maximum atomic E-state index is 11.6. The molecule has 0 aliphatic rings. The Morgan fingerprint density at radius 3 is 2.33 bits per heavy atom. The molecule has 1 aromatic rings. The van der Waals surface area contributed by atoms with E-state index < -0.39 is 5.60 Å². The molecule has 4 heteroatoms. The summed E-state index contributed by atoms with van der Waals surface area (Å²) < 4.78 is 6.33. The van der Waals surface area contributed by atoms with Gasteiger partial charge in [-0.1, -0.05) is 28.1 Å². The van der Waals surface area contributed by atoms with Crippen molar-refractivity contribution in [2.75, 3.05) is 13.6 Å². The summed E-state index contributed by atoms with van der Waals surface area (Å²) in [6.45, 7) is 6.65. The normalized spacial score (nSPS) is 11.7. The first-order chi connectivity index (χ1) is 8.26. The molecule has 3 nitrogen and oxygen atoms in total. The fourth-order valence-corrected chi connectivity index (χ4v) is 1.82. The zero-order valence-electron chi connectivity index (χ0n) is 11.4. The van der Waals surface area contributed by atoms with E-state index in [0.29, 0.717) is 6.54 Å². The molecule has 0 aromatic heterocycles. The predicted molar refractivity (Wildman–Crippen MR) is 76.3 cm³/mol. The molecule has 0 N–H and O–H groups in total.